The van der Waals surface area contributed by atoms with Crippen LogP contribution in [0.25, 0.3) is 0 Å². The predicted octanol–water partition coefficient (Wildman–Crippen LogP) is 5.46. The molecular formula is C32H41N3O5. The van der Waals surface area contributed by atoms with Crippen molar-refractivity contribution in [2.75, 3.05) is 58.4 Å². The molecule has 3 aromatic carbocycles. The Morgan fingerprint density at radius 2 is 1.23 bits per heavy atom. The number of methoxy groups -OCH3 is 1. The quantitative estimate of drug-likeness (QED) is 0.122. The van der Waals surface area contributed by atoms with Crippen molar-refractivity contribution in [1.29, 1.82) is 0 Å². The minimum absolute atomic E-state index is 0.0668. The van der Waals surface area contributed by atoms with Crippen molar-refractivity contribution in [1.82, 2.24) is 5.06 Å². The third-order valence-electron chi connectivity index (χ3n) is 6.53. The summed E-state index contributed by atoms with van der Waals surface area (Å²) in [5.41, 5.74) is 5.88. The van der Waals surface area contributed by atoms with Crippen LogP contribution in [0.1, 0.15) is 48.8 Å². The fourth-order valence-corrected chi connectivity index (χ4v) is 4.28. The fraction of sp³-hybridized carbons (Fsp3) is 0.375. The van der Waals surface area contributed by atoms with Crippen molar-refractivity contribution >= 4 is 23.3 Å². The monoisotopic (exact) mass is 547 g/mol. The molecule has 0 aliphatic heterocycles. The maximum Gasteiger partial charge on any atom is 0.332 e. The first-order valence-electron chi connectivity index (χ1n) is 13.5. The van der Waals surface area contributed by atoms with Crippen molar-refractivity contribution in [3.05, 3.63) is 89.5 Å². The number of carbonyl (C=O) groups is 2. The van der Waals surface area contributed by atoms with E-state index in [0.717, 1.165) is 27.8 Å². The molecule has 8 nitrogen and oxygen atoms in total. The van der Waals surface area contributed by atoms with E-state index < -0.39 is 5.97 Å². The van der Waals surface area contributed by atoms with E-state index in [1.807, 2.05) is 40.3 Å². The van der Waals surface area contributed by atoms with Crippen molar-refractivity contribution < 1.29 is 23.9 Å². The molecule has 0 aliphatic carbocycles. The summed E-state index contributed by atoms with van der Waals surface area (Å²) in [7, 11) is 9.59. The summed E-state index contributed by atoms with van der Waals surface area (Å²) in [5, 5.41) is 0.945. The Bertz CT molecular complexity index is 1160. The van der Waals surface area contributed by atoms with Gasteiger partial charge in [-0.05, 0) is 59.5 Å². The Labute approximate surface area is 238 Å². The zero-order valence-corrected chi connectivity index (χ0v) is 24.4. The second kappa shape index (κ2) is 14.9. The molecule has 0 saturated heterocycles. The Morgan fingerprint density at radius 3 is 1.65 bits per heavy atom. The Morgan fingerprint density at radius 1 is 0.750 bits per heavy atom. The first-order valence-corrected chi connectivity index (χ1v) is 13.5. The lowest BCUT2D eigenvalue weighted by molar-refractivity contribution is -0.213. The van der Waals surface area contributed by atoms with E-state index in [2.05, 4.69) is 70.5 Å². The third kappa shape index (κ3) is 8.48. The van der Waals surface area contributed by atoms with Gasteiger partial charge in [0.2, 0.25) is 0 Å². The number of ether oxygens (including phenoxy) is 2. The standard InChI is InChI=1S/C32H41N3O5/c1-7-30(36)35(23-38-6)40-31(37)9-8-22-39-29-20-14-26(15-21-29)32(24-10-16-27(17-11-24)33(2)3)25-12-18-28(19-13-25)34(4)5/h10-21,32H,7-9,22-23H2,1-6H3. The van der Waals surface area contributed by atoms with Crippen LogP contribution in [0.3, 0.4) is 0 Å². The van der Waals surface area contributed by atoms with Gasteiger partial charge in [0.1, 0.15) is 5.75 Å². The van der Waals surface area contributed by atoms with Gasteiger partial charge in [0.25, 0.3) is 5.91 Å². The van der Waals surface area contributed by atoms with E-state index in [1.165, 1.54) is 18.2 Å². The SMILES string of the molecule is CCC(=O)N(COC)OC(=O)CCCOc1ccc(C(c2ccc(N(C)C)cc2)c2ccc(N(C)C)cc2)cc1. The average Bonchev–Trinajstić information content (AvgIpc) is 2.96. The largest absolute Gasteiger partial charge is 0.494 e. The van der Waals surface area contributed by atoms with Gasteiger partial charge in [-0.1, -0.05) is 43.3 Å². The molecule has 3 aromatic rings. The van der Waals surface area contributed by atoms with Gasteiger partial charge >= 0.3 is 5.97 Å². The lowest BCUT2D eigenvalue weighted by atomic mass is 9.85. The molecular weight excluding hydrogens is 506 g/mol. The third-order valence-corrected chi connectivity index (χ3v) is 6.53. The highest BCUT2D eigenvalue weighted by atomic mass is 16.7. The smallest absolute Gasteiger partial charge is 0.332 e. The number of hydroxylamine groups is 2. The van der Waals surface area contributed by atoms with Gasteiger partial charge in [0.05, 0.1) is 13.0 Å². The number of amides is 1. The van der Waals surface area contributed by atoms with E-state index >= 15 is 0 Å². The van der Waals surface area contributed by atoms with Crippen molar-refractivity contribution in [2.45, 2.75) is 32.1 Å². The summed E-state index contributed by atoms with van der Waals surface area (Å²) >= 11 is 0. The molecule has 0 unspecified atom stereocenters. The van der Waals surface area contributed by atoms with Crippen molar-refractivity contribution in [2.24, 2.45) is 0 Å². The molecule has 0 N–H and O–H groups in total. The first kappa shape index (κ1) is 30.5. The van der Waals surface area contributed by atoms with Gasteiger partial charge < -0.3 is 24.1 Å². The molecule has 0 aliphatic rings. The Balaban J connectivity index is 1.66. The summed E-state index contributed by atoms with van der Waals surface area (Å²) in [6.07, 6.45) is 0.809. The number of anilines is 2. The van der Waals surface area contributed by atoms with Crippen LogP contribution in [-0.2, 0) is 19.2 Å². The van der Waals surface area contributed by atoms with Gasteiger partial charge in [0, 0.05) is 59.0 Å². The van der Waals surface area contributed by atoms with Crippen LogP contribution in [-0.4, -0.2) is 65.6 Å². The van der Waals surface area contributed by atoms with E-state index in [-0.39, 0.29) is 31.4 Å². The number of nitrogens with zero attached hydrogens (tertiary/aromatic N) is 3. The van der Waals surface area contributed by atoms with Gasteiger partial charge in [-0.15, -0.1) is 5.06 Å². The maximum atomic E-state index is 12.1. The number of rotatable bonds is 13. The molecule has 8 heteroatoms. The van der Waals surface area contributed by atoms with Gasteiger partial charge in [-0.3, -0.25) is 4.79 Å². The van der Waals surface area contributed by atoms with E-state index in [9.17, 15) is 9.59 Å². The molecule has 0 spiro atoms. The van der Waals surface area contributed by atoms with Crippen LogP contribution >= 0.6 is 0 Å². The van der Waals surface area contributed by atoms with E-state index in [1.54, 1.807) is 6.92 Å². The number of hydrogen-bond donors (Lipinski definition) is 0. The lowest BCUT2D eigenvalue weighted by Gasteiger charge is -2.22. The molecule has 214 valence electrons. The first-order chi connectivity index (χ1) is 19.2. The number of benzene rings is 3. The van der Waals surface area contributed by atoms with Crippen LogP contribution in [0.2, 0.25) is 0 Å². The van der Waals surface area contributed by atoms with Crippen LogP contribution in [0, 0.1) is 0 Å². The maximum absolute atomic E-state index is 12.1. The fourth-order valence-electron chi connectivity index (χ4n) is 4.28. The topological polar surface area (TPSA) is 71.5 Å². The summed E-state index contributed by atoms with van der Waals surface area (Å²) in [6.45, 7) is 1.95. The normalized spacial score (nSPS) is 10.8. The lowest BCUT2D eigenvalue weighted by Crippen LogP contribution is -2.34. The summed E-state index contributed by atoms with van der Waals surface area (Å²) < 4.78 is 10.8. The summed E-state index contributed by atoms with van der Waals surface area (Å²) in [5.74, 6) is -0.0191. The summed E-state index contributed by atoms with van der Waals surface area (Å²) in [4.78, 5) is 33.3. The van der Waals surface area contributed by atoms with Crippen LogP contribution < -0.4 is 14.5 Å². The number of carbonyl (C=O) groups excluding carboxylic acids is 2. The van der Waals surface area contributed by atoms with Crippen molar-refractivity contribution in [3.63, 3.8) is 0 Å². The van der Waals surface area contributed by atoms with Gasteiger partial charge in [-0.2, -0.15) is 0 Å². The summed E-state index contributed by atoms with van der Waals surface area (Å²) in [6, 6.07) is 25.4. The second-order valence-electron chi connectivity index (χ2n) is 9.93. The molecule has 0 fully saturated rings. The molecule has 0 atom stereocenters. The van der Waals surface area contributed by atoms with Crippen LogP contribution in [0.4, 0.5) is 11.4 Å². The highest BCUT2D eigenvalue weighted by Gasteiger charge is 2.19. The zero-order chi connectivity index (χ0) is 29.1. The Hall–Kier alpha value is -4.04. The molecule has 0 radical (unpaired) electrons. The number of hydrogen-bond acceptors (Lipinski definition) is 7. The molecule has 0 heterocycles. The highest BCUT2D eigenvalue weighted by molar-refractivity contribution is 5.77. The van der Waals surface area contributed by atoms with Crippen LogP contribution in [0.15, 0.2) is 72.8 Å². The minimum atomic E-state index is -0.499. The Kier molecular flexibility index (Phi) is 11.4. The zero-order valence-electron chi connectivity index (χ0n) is 24.4. The molecule has 0 aromatic heterocycles. The second-order valence-corrected chi connectivity index (χ2v) is 9.93. The van der Waals surface area contributed by atoms with Crippen molar-refractivity contribution in [3.8, 4) is 5.75 Å². The van der Waals surface area contributed by atoms with Gasteiger partial charge in [0.15, 0.2) is 6.73 Å². The molecule has 40 heavy (non-hydrogen) atoms. The van der Waals surface area contributed by atoms with Gasteiger partial charge in [-0.25, -0.2) is 4.79 Å². The molecule has 3 rings (SSSR count). The highest BCUT2D eigenvalue weighted by Crippen LogP contribution is 2.34. The van der Waals surface area contributed by atoms with Crippen LogP contribution in [0.5, 0.6) is 5.75 Å². The average molecular weight is 548 g/mol. The van der Waals surface area contributed by atoms with E-state index in [4.69, 9.17) is 14.3 Å². The van der Waals surface area contributed by atoms with E-state index in [0.29, 0.717) is 13.0 Å². The minimum Gasteiger partial charge on any atom is -0.494 e. The predicted molar refractivity (Wildman–Crippen MR) is 159 cm³/mol. The molecule has 0 saturated carbocycles. The molecule has 1 amide bonds. The molecule has 0 bridgehead atoms.